The average molecular weight is 1600 g/mol. The number of aliphatic hydroxyl groups excluding tert-OH is 2. The number of β-amino-alcohol motifs (C(OH)–C–C–N with tert-alkyl or cyclic N) is 1. The number of pyridine rings is 6. The number of fused-ring (bicyclic) bond motifs is 6. The molecule has 0 saturated carbocycles. The number of anilines is 8. The molecule has 3 aromatic carbocycles. The second kappa shape index (κ2) is 32.9. The molecule has 3 amide bonds. The van der Waals surface area contributed by atoms with Crippen LogP contribution in [0.15, 0.2) is 146 Å². The summed E-state index contributed by atoms with van der Waals surface area (Å²) >= 11 is 0. The Bertz CT molecular complexity index is 5850. The van der Waals surface area contributed by atoms with Crippen molar-refractivity contribution in [3.63, 3.8) is 0 Å². The maximum Gasteiger partial charge on any atom is 0.254 e. The molecule has 7 aliphatic rings. The van der Waals surface area contributed by atoms with Crippen molar-refractivity contribution < 1.29 is 52.3 Å². The molecule has 31 heteroatoms. The number of carbonyl (C=O) groups excluding carboxylic acids is 3. The van der Waals surface area contributed by atoms with E-state index in [0.717, 1.165) is 131 Å². The van der Waals surface area contributed by atoms with Gasteiger partial charge in [-0.3, -0.25) is 32.5 Å². The molecular weight excluding hydrogens is 1510 g/mol. The number of rotatable bonds is 19. The van der Waals surface area contributed by atoms with E-state index in [-0.39, 0.29) is 53.5 Å². The van der Waals surface area contributed by atoms with Crippen LogP contribution < -0.4 is 41.7 Å². The van der Waals surface area contributed by atoms with E-state index in [0.29, 0.717) is 146 Å². The Labute approximate surface area is 678 Å². The van der Waals surface area contributed by atoms with Gasteiger partial charge in [0.25, 0.3) is 17.7 Å². The quantitative estimate of drug-likeness (QED) is 0.0363. The minimum absolute atomic E-state index is 0.152. The van der Waals surface area contributed by atoms with Crippen molar-refractivity contribution in [2.75, 3.05) is 113 Å². The van der Waals surface area contributed by atoms with Crippen LogP contribution in [0.2, 0.25) is 0 Å². The van der Waals surface area contributed by atoms with Gasteiger partial charge in [0.1, 0.15) is 58.0 Å². The molecule has 9 N–H and O–H groups in total. The lowest BCUT2D eigenvalue weighted by molar-refractivity contribution is -0.0928. The number of aliphatic hydroxyl groups is 3. The van der Waals surface area contributed by atoms with Crippen LogP contribution in [0.4, 0.5) is 59.1 Å². The van der Waals surface area contributed by atoms with E-state index in [4.69, 9.17) is 24.4 Å². The number of nitrogens with one attached hydrogen (secondary N) is 6. The van der Waals surface area contributed by atoms with Gasteiger partial charge in [0.2, 0.25) is 0 Å². The Morgan fingerprint density at radius 3 is 1.36 bits per heavy atom. The first-order chi connectivity index (χ1) is 57.0. The highest BCUT2D eigenvalue weighted by molar-refractivity contribution is 6.08. The second-order valence-electron chi connectivity index (χ2n) is 32.1. The van der Waals surface area contributed by atoms with Crippen LogP contribution in [-0.2, 0) is 48.7 Å². The summed E-state index contributed by atoms with van der Waals surface area (Å²) in [6.45, 7) is 12.9. The van der Waals surface area contributed by atoms with Gasteiger partial charge >= 0.3 is 0 Å². The van der Waals surface area contributed by atoms with Gasteiger partial charge in [-0.05, 0) is 157 Å². The van der Waals surface area contributed by atoms with Gasteiger partial charge in [0.05, 0.1) is 129 Å². The van der Waals surface area contributed by atoms with E-state index in [1.165, 1.54) is 42.0 Å². The molecule has 0 bridgehead atoms. The van der Waals surface area contributed by atoms with Crippen LogP contribution in [0, 0.1) is 17.5 Å². The standard InChI is InChI=1S/C30H34FN7O3.C29H29FN6O3.C28H30FN7O2/c1-30(2,40)25-17-37(11-12-41-25)23-7-8-26(35-22(23)16-36(3)4)34-21-6-5-19(20-14-33-29(39)28(20)21)24-15-32-27-13-18(31)9-10-38(24)27;30-18-5-9-36-25(13-31-27(36)11-18)21-1-3-23(28-22(21)12-32-29(28)38)33-26-4-2-20(17-7-10-39-16-17)24(34-26)15-35-8-6-19(37)14-35;1-34(2)16-22-23(35-10-8-18(37)9-11-35)5-6-25(33-22)32-21-4-3-19(20-14-31-28(38)27(20)21)24-15-30-26-13-17(29)7-12-36(24)26/h5-10,13,15,25,40H,11-12,14,16-17H2,1-4H3,(H,33,39)(H,34,35);1-5,9,11,13,17,19,37H,6-8,10,12,14-16H2,(H,32,38)(H,33,34);3-7,12-13,15,18,37H,8-11,14,16H2,1-2H3,(H,31,38)(H,32,33)/t25-;17-,19-;/m10./s1. The van der Waals surface area contributed by atoms with Gasteiger partial charge in [-0.2, -0.15) is 0 Å². The largest absolute Gasteiger partial charge is 0.393 e. The Hall–Kier alpha value is -11.9. The molecule has 9 aromatic heterocycles. The Kier molecular flexibility index (Phi) is 21.9. The maximum absolute atomic E-state index is 13.7. The number of piperidine rings is 1. The fourth-order valence-electron chi connectivity index (χ4n) is 16.9. The number of morpholine rings is 1. The fraction of sp³-hybridized carbons (Fsp3) is 0.345. The van der Waals surface area contributed by atoms with E-state index in [2.05, 4.69) is 83.5 Å². The number of carbonyl (C=O) groups is 3. The van der Waals surface area contributed by atoms with Gasteiger partial charge in [0.15, 0.2) is 0 Å². The molecule has 3 atom stereocenters. The smallest absolute Gasteiger partial charge is 0.254 e. The first-order valence-corrected chi connectivity index (χ1v) is 39.8. The number of nitrogens with zero attached hydrogens (tertiary/aromatic N) is 14. The summed E-state index contributed by atoms with van der Waals surface area (Å²) in [4.78, 5) is 77.7. The third kappa shape index (κ3) is 16.2. The lowest BCUT2D eigenvalue weighted by Crippen LogP contribution is -2.52. The fourth-order valence-corrected chi connectivity index (χ4v) is 16.9. The van der Waals surface area contributed by atoms with Gasteiger partial charge in [-0.1, -0.05) is 24.3 Å². The van der Waals surface area contributed by atoms with E-state index < -0.39 is 5.60 Å². The number of amides is 3. The number of ether oxygens (including phenoxy) is 2. The van der Waals surface area contributed by atoms with Crippen molar-refractivity contribution >= 4 is 80.6 Å². The van der Waals surface area contributed by atoms with Crippen molar-refractivity contribution in [3.05, 3.63) is 220 Å². The molecule has 19 rings (SSSR count). The number of imidazole rings is 3. The van der Waals surface area contributed by atoms with Gasteiger partial charge in [0, 0.05) is 145 Å². The molecule has 4 fully saturated rings. The van der Waals surface area contributed by atoms with Crippen molar-refractivity contribution in [3.8, 4) is 33.8 Å². The summed E-state index contributed by atoms with van der Waals surface area (Å²) in [6, 6.07) is 31.9. The monoisotopic (exact) mass is 1600 g/mol. The third-order valence-electron chi connectivity index (χ3n) is 22.8. The molecule has 610 valence electrons. The minimum Gasteiger partial charge on any atom is -0.393 e. The summed E-state index contributed by atoms with van der Waals surface area (Å²) in [5.41, 5.74) is 17.8. The maximum atomic E-state index is 13.7. The second-order valence-corrected chi connectivity index (χ2v) is 32.1. The molecule has 7 aliphatic heterocycles. The molecule has 28 nitrogen and oxygen atoms in total. The molecule has 0 radical (unpaired) electrons. The lowest BCUT2D eigenvalue weighted by atomic mass is 9.96. The lowest BCUT2D eigenvalue weighted by Gasteiger charge is -2.40. The molecule has 4 saturated heterocycles. The van der Waals surface area contributed by atoms with Gasteiger partial charge in [-0.25, -0.2) is 43.1 Å². The SMILES string of the molecule is CN(C)Cc1nc(Nc2ccc(-c3cnc4cc(F)ccn34)c3c2C(=O)NC3)ccc1N1CCC(O)CC1.CN(C)Cc1nc(Nc2ccc(-c3cnc4cc(F)ccn34)c3c2C(=O)NC3)ccc1N1CCO[C@@H](C(C)(C)O)C1.O=C1NCc2c(-c3cnc4cc(F)ccn34)ccc(Nc3ccc([C@H]4CCOC4)c(CN4CC[C@H](O)C4)n3)c21. The first kappa shape index (κ1) is 78.6. The highest BCUT2D eigenvalue weighted by Gasteiger charge is 2.36. The number of hydrogen-bond acceptors (Lipinski definition) is 22. The summed E-state index contributed by atoms with van der Waals surface area (Å²) in [5.74, 6) is 0.729. The molecule has 0 aliphatic carbocycles. The topological polar surface area (TPSA) is 309 Å². The molecule has 16 heterocycles. The number of likely N-dealkylation sites (tertiary alicyclic amines) is 1. The van der Waals surface area contributed by atoms with Crippen molar-refractivity contribution in [2.45, 2.75) is 109 Å². The van der Waals surface area contributed by atoms with Gasteiger partial charge in [-0.15, -0.1) is 0 Å². The normalized spacial score (nSPS) is 18.1. The summed E-state index contributed by atoms with van der Waals surface area (Å²) < 4.78 is 58.1. The van der Waals surface area contributed by atoms with Crippen LogP contribution in [0.5, 0.6) is 0 Å². The van der Waals surface area contributed by atoms with Crippen LogP contribution >= 0.6 is 0 Å². The molecular formula is C87H93F3N20O8. The van der Waals surface area contributed by atoms with Crippen molar-refractivity contribution in [2.24, 2.45) is 0 Å². The Balaban J connectivity index is 0.000000127. The third-order valence-corrected chi connectivity index (χ3v) is 22.8. The number of hydrogen-bond donors (Lipinski definition) is 9. The highest BCUT2D eigenvalue weighted by atomic mass is 19.1. The minimum atomic E-state index is -0.957. The van der Waals surface area contributed by atoms with Crippen LogP contribution in [-0.4, -0.2) is 202 Å². The van der Waals surface area contributed by atoms with Crippen LogP contribution in [0.25, 0.3) is 50.7 Å². The number of benzene rings is 3. The predicted molar refractivity (Wildman–Crippen MR) is 442 cm³/mol. The summed E-state index contributed by atoms with van der Waals surface area (Å²) in [6.07, 6.45) is 12.4. The molecule has 12 aromatic rings. The number of halogens is 3. The zero-order chi connectivity index (χ0) is 81.8. The Morgan fingerprint density at radius 2 is 0.941 bits per heavy atom. The summed E-state index contributed by atoms with van der Waals surface area (Å²) in [5, 5.41) is 49.5. The number of aromatic nitrogens is 9. The molecule has 118 heavy (non-hydrogen) atoms. The van der Waals surface area contributed by atoms with E-state index in [9.17, 15) is 42.9 Å². The Morgan fingerprint density at radius 1 is 0.508 bits per heavy atom. The van der Waals surface area contributed by atoms with E-state index >= 15 is 0 Å². The van der Waals surface area contributed by atoms with Crippen LogP contribution in [0.1, 0.15) is 116 Å². The van der Waals surface area contributed by atoms with Crippen LogP contribution in [0.3, 0.4) is 0 Å². The van der Waals surface area contributed by atoms with Crippen molar-refractivity contribution in [1.82, 2.24) is 73.8 Å². The summed E-state index contributed by atoms with van der Waals surface area (Å²) in [7, 11) is 8.01. The molecule has 0 spiro atoms. The average Bonchev–Trinajstić information content (AvgIpc) is 1.61. The zero-order valence-electron chi connectivity index (χ0n) is 66.4. The first-order valence-electron chi connectivity index (χ1n) is 39.8. The van der Waals surface area contributed by atoms with Crippen molar-refractivity contribution in [1.29, 1.82) is 0 Å². The highest BCUT2D eigenvalue weighted by Crippen LogP contribution is 2.42. The molecule has 0 unspecified atom stereocenters. The van der Waals surface area contributed by atoms with E-state index in [1.807, 2.05) is 102 Å². The van der Waals surface area contributed by atoms with Gasteiger partial charge < -0.3 is 76.3 Å². The van der Waals surface area contributed by atoms with E-state index in [1.54, 1.807) is 51.0 Å². The zero-order valence-corrected chi connectivity index (χ0v) is 66.4. The predicted octanol–water partition coefficient (Wildman–Crippen LogP) is 10.7.